The van der Waals surface area contributed by atoms with E-state index in [1.165, 1.54) is 31.5 Å². The summed E-state index contributed by atoms with van der Waals surface area (Å²) < 4.78 is 5.50. The molecule has 6 heteroatoms. The Labute approximate surface area is 175 Å². The van der Waals surface area contributed by atoms with Crippen LogP contribution in [0.5, 0.6) is 0 Å². The van der Waals surface area contributed by atoms with Crippen LogP contribution >= 0.6 is 24.0 Å². The molecule has 1 aromatic rings. The molecule has 0 amide bonds. The van der Waals surface area contributed by atoms with E-state index in [1.807, 2.05) is 7.05 Å². The first-order chi connectivity index (χ1) is 12.3. The van der Waals surface area contributed by atoms with Crippen LogP contribution in [0, 0.1) is 5.92 Å². The Morgan fingerprint density at radius 1 is 1.31 bits per heavy atom. The average Bonchev–Trinajstić information content (AvgIpc) is 3.33. The molecule has 2 atom stereocenters. The molecule has 0 spiro atoms. The quantitative estimate of drug-likeness (QED) is 0.393. The summed E-state index contributed by atoms with van der Waals surface area (Å²) in [5, 5.41) is 3.61. The highest BCUT2D eigenvalue weighted by molar-refractivity contribution is 14.0. The number of rotatable bonds is 6. The summed E-state index contributed by atoms with van der Waals surface area (Å²) in [5.74, 6) is 1.60. The molecule has 26 heavy (non-hydrogen) atoms. The molecule has 0 aromatic heterocycles. The third-order valence-electron chi connectivity index (χ3n) is 5.35. The molecule has 0 saturated carbocycles. The van der Waals surface area contributed by atoms with Crippen LogP contribution in [0.1, 0.15) is 30.9 Å². The normalized spacial score (nSPS) is 22.1. The first-order valence-corrected chi connectivity index (χ1v) is 9.56. The minimum absolute atomic E-state index is 0. The zero-order valence-electron chi connectivity index (χ0n) is 16.1. The lowest BCUT2D eigenvalue weighted by Crippen LogP contribution is -2.45. The molecule has 2 heterocycles. The van der Waals surface area contributed by atoms with E-state index in [2.05, 4.69) is 57.5 Å². The van der Waals surface area contributed by atoms with Gasteiger partial charge in [0.2, 0.25) is 0 Å². The van der Waals surface area contributed by atoms with Crippen molar-refractivity contribution in [2.45, 2.75) is 25.3 Å². The molecule has 5 nitrogen and oxygen atoms in total. The van der Waals surface area contributed by atoms with Crippen molar-refractivity contribution in [3.63, 3.8) is 0 Å². The predicted molar refractivity (Wildman–Crippen MR) is 118 cm³/mol. The third kappa shape index (κ3) is 5.82. The van der Waals surface area contributed by atoms with Crippen molar-refractivity contribution in [3.05, 3.63) is 35.9 Å². The van der Waals surface area contributed by atoms with E-state index in [1.54, 1.807) is 0 Å². The highest BCUT2D eigenvalue weighted by atomic mass is 127. The van der Waals surface area contributed by atoms with Crippen molar-refractivity contribution >= 4 is 29.9 Å². The van der Waals surface area contributed by atoms with Gasteiger partial charge in [0, 0.05) is 39.7 Å². The van der Waals surface area contributed by atoms with Crippen molar-refractivity contribution in [1.29, 1.82) is 0 Å². The summed E-state index contributed by atoms with van der Waals surface area (Å²) in [5.41, 5.74) is 1.39. The fourth-order valence-electron chi connectivity index (χ4n) is 3.96. The summed E-state index contributed by atoms with van der Waals surface area (Å²) in [4.78, 5) is 9.33. The highest BCUT2D eigenvalue weighted by Gasteiger charge is 2.24. The highest BCUT2D eigenvalue weighted by Crippen LogP contribution is 2.24. The molecule has 2 saturated heterocycles. The second-order valence-electron chi connectivity index (χ2n) is 7.21. The van der Waals surface area contributed by atoms with Gasteiger partial charge in [-0.2, -0.15) is 0 Å². The minimum Gasteiger partial charge on any atom is -0.381 e. The summed E-state index contributed by atoms with van der Waals surface area (Å²) in [6, 6.07) is 11.3. The van der Waals surface area contributed by atoms with Crippen LogP contribution in [0.3, 0.4) is 0 Å². The van der Waals surface area contributed by atoms with Crippen LogP contribution < -0.4 is 5.32 Å². The number of hydrogen-bond donors (Lipinski definition) is 1. The molecule has 2 fully saturated rings. The molecule has 2 unspecified atom stereocenters. The Balaban J connectivity index is 0.00000243. The third-order valence-corrected chi connectivity index (χ3v) is 5.35. The van der Waals surface area contributed by atoms with Crippen LogP contribution in [0.15, 0.2) is 35.3 Å². The van der Waals surface area contributed by atoms with Crippen LogP contribution in [0.4, 0.5) is 0 Å². The van der Waals surface area contributed by atoms with Gasteiger partial charge in [0.1, 0.15) is 0 Å². The first kappa shape index (κ1) is 21.4. The van der Waals surface area contributed by atoms with Crippen molar-refractivity contribution in [3.8, 4) is 0 Å². The van der Waals surface area contributed by atoms with Gasteiger partial charge in [0.25, 0.3) is 0 Å². The number of likely N-dealkylation sites (tertiary alicyclic amines) is 1. The van der Waals surface area contributed by atoms with Crippen molar-refractivity contribution in [2.75, 3.05) is 53.5 Å². The predicted octanol–water partition coefficient (Wildman–Crippen LogP) is 2.99. The van der Waals surface area contributed by atoms with Crippen LogP contribution in [-0.2, 0) is 4.74 Å². The summed E-state index contributed by atoms with van der Waals surface area (Å²) in [6.45, 7) is 6.04. The fraction of sp³-hybridized carbons (Fsp3) is 0.650. The fourth-order valence-corrected chi connectivity index (χ4v) is 3.96. The van der Waals surface area contributed by atoms with E-state index in [-0.39, 0.29) is 24.0 Å². The van der Waals surface area contributed by atoms with Gasteiger partial charge in [-0.25, -0.2) is 0 Å². The number of guanidine groups is 1. The standard InChI is InChI=1S/C20H32N4O.HI/c1-21-20(23(2)15-17-10-13-25-16-17)22-14-19(24-11-6-7-12-24)18-8-4-3-5-9-18;/h3-5,8-9,17,19H,6-7,10-16H2,1-2H3,(H,21,22);1H. The summed E-state index contributed by atoms with van der Waals surface area (Å²) in [6.07, 6.45) is 3.76. The number of halogens is 1. The van der Waals surface area contributed by atoms with Gasteiger partial charge in [-0.3, -0.25) is 9.89 Å². The van der Waals surface area contributed by atoms with Crippen molar-refractivity contribution in [1.82, 2.24) is 15.1 Å². The number of nitrogens with one attached hydrogen (secondary N) is 1. The maximum atomic E-state index is 5.50. The van der Waals surface area contributed by atoms with E-state index in [0.717, 1.165) is 38.7 Å². The Hall–Kier alpha value is -0.860. The van der Waals surface area contributed by atoms with Gasteiger partial charge < -0.3 is 15.0 Å². The van der Waals surface area contributed by atoms with Gasteiger partial charge in [-0.05, 0) is 37.9 Å². The van der Waals surface area contributed by atoms with Gasteiger partial charge in [0.15, 0.2) is 5.96 Å². The maximum Gasteiger partial charge on any atom is 0.193 e. The molecular formula is C20H33IN4O. The van der Waals surface area contributed by atoms with Gasteiger partial charge in [-0.1, -0.05) is 30.3 Å². The summed E-state index contributed by atoms with van der Waals surface area (Å²) >= 11 is 0. The molecule has 1 aromatic carbocycles. The molecule has 3 rings (SSSR count). The Bertz CT molecular complexity index is 542. The van der Waals surface area contributed by atoms with Crippen molar-refractivity contribution in [2.24, 2.45) is 10.9 Å². The number of benzene rings is 1. The lowest BCUT2D eigenvalue weighted by atomic mass is 10.1. The number of aliphatic imine (C=N–C) groups is 1. The van der Waals surface area contributed by atoms with E-state index in [0.29, 0.717) is 12.0 Å². The zero-order valence-corrected chi connectivity index (χ0v) is 18.4. The zero-order chi connectivity index (χ0) is 17.5. The Morgan fingerprint density at radius 2 is 2.04 bits per heavy atom. The first-order valence-electron chi connectivity index (χ1n) is 9.56. The molecule has 2 aliphatic rings. The lowest BCUT2D eigenvalue weighted by Gasteiger charge is -2.31. The van der Waals surface area contributed by atoms with Crippen LogP contribution in [0.2, 0.25) is 0 Å². The smallest absolute Gasteiger partial charge is 0.193 e. The SMILES string of the molecule is CN=C(NCC(c1ccccc1)N1CCCC1)N(C)CC1CCOC1.I. The number of nitrogens with zero attached hydrogens (tertiary/aromatic N) is 3. The molecule has 146 valence electrons. The number of hydrogen-bond acceptors (Lipinski definition) is 3. The minimum atomic E-state index is 0. The maximum absolute atomic E-state index is 5.50. The monoisotopic (exact) mass is 472 g/mol. The van der Waals surface area contributed by atoms with E-state index in [4.69, 9.17) is 4.74 Å². The summed E-state index contributed by atoms with van der Waals surface area (Å²) in [7, 11) is 4.00. The molecule has 2 aliphatic heterocycles. The Kier molecular flexibility index (Phi) is 9.15. The molecule has 0 aliphatic carbocycles. The largest absolute Gasteiger partial charge is 0.381 e. The second-order valence-corrected chi connectivity index (χ2v) is 7.21. The molecule has 0 bridgehead atoms. The molecular weight excluding hydrogens is 439 g/mol. The topological polar surface area (TPSA) is 40.1 Å². The van der Waals surface area contributed by atoms with Crippen LogP contribution in [-0.4, -0.2) is 69.2 Å². The second kappa shape index (κ2) is 11.1. The van der Waals surface area contributed by atoms with Gasteiger partial charge >= 0.3 is 0 Å². The van der Waals surface area contributed by atoms with Gasteiger partial charge in [0.05, 0.1) is 12.6 Å². The van der Waals surface area contributed by atoms with E-state index >= 15 is 0 Å². The van der Waals surface area contributed by atoms with Gasteiger partial charge in [-0.15, -0.1) is 24.0 Å². The average molecular weight is 472 g/mol. The number of ether oxygens (including phenoxy) is 1. The van der Waals surface area contributed by atoms with Crippen LogP contribution in [0.25, 0.3) is 0 Å². The Morgan fingerprint density at radius 3 is 2.65 bits per heavy atom. The lowest BCUT2D eigenvalue weighted by molar-refractivity contribution is 0.181. The van der Waals surface area contributed by atoms with E-state index in [9.17, 15) is 0 Å². The molecule has 0 radical (unpaired) electrons. The molecule has 1 N–H and O–H groups in total. The van der Waals surface area contributed by atoms with Crippen molar-refractivity contribution < 1.29 is 4.74 Å². The van der Waals surface area contributed by atoms with E-state index < -0.39 is 0 Å².